The van der Waals surface area contributed by atoms with Crippen LogP contribution in [0.5, 0.6) is 5.88 Å². The first kappa shape index (κ1) is 25.9. The van der Waals surface area contributed by atoms with Crippen molar-refractivity contribution in [1.29, 1.82) is 5.26 Å². The van der Waals surface area contributed by atoms with E-state index in [1.807, 2.05) is 30.0 Å². The summed E-state index contributed by atoms with van der Waals surface area (Å²) < 4.78 is 45.3. The van der Waals surface area contributed by atoms with E-state index in [-0.39, 0.29) is 11.0 Å². The number of aromatic nitrogens is 1. The quantitative estimate of drug-likeness (QED) is 0.471. The minimum atomic E-state index is -4.48. The Morgan fingerprint density at radius 1 is 1.11 bits per heavy atom. The van der Waals surface area contributed by atoms with Gasteiger partial charge in [0.15, 0.2) is 0 Å². The van der Waals surface area contributed by atoms with Crippen LogP contribution >= 0.6 is 0 Å². The van der Waals surface area contributed by atoms with E-state index in [1.165, 1.54) is 11.6 Å². The van der Waals surface area contributed by atoms with Crippen molar-refractivity contribution in [3.8, 4) is 23.1 Å². The highest BCUT2D eigenvalue weighted by atomic mass is 19.4. The standard InChI is InChI=1S/C29H30F3N5O/c1-2-38-27-23(4-3-12-35-27)20-5-7-24-26(17-20)37(15-11-33)19-28(24)9-13-36(14-10-28)25-8-6-22(29(30,31)32)16-21(25)18-34/h3-8,12,16-17H,2,9-11,13-15,19,33H2,1H3. The maximum Gasteiger partial charge on any atom is 0.416 e. The van der Waals surface area contributed by atoms with Crippen LogP contribution in [-0.2, 0) is 11.6 Å². The average Bonchev–Trinajstić information content (AvgIpc) is 3.21. The number of anilines is 2. The molecule has 0 radical (unpaired) electrons. The van der Waals surface area contributed by atoms with Crippen LogP contribution in [0.15, 0.2) is 54.7 Å². The molecular weight excluding hydrogens is 491 g/mol. The van der Waals surface area contributed by atoms with Gasteiger partial charge < -0.3 is 20.3 Å². The number of nitrogens with zero attached hydrogens (tertiary/aromatic N) is 4. The van der Waals surface area contributed by atoms with Crippen LogP contribution in [0.2, 0.25) is 0 Å². The van der Waals surface area contributed by atoms with Crippen molar-refractivity contribution in [3.63, 3.8) is 0 Å². The van der Waals surface area contributed by atoms with Gasteiger partial charge in [0.25, 0.3) is 0 Å². The van der Waals surface area contributed by atoms with Gasteiger partial charge in [0.1, 0.15) is 6.07 Å². The predicted molar refractivity (Wildman–Crippen MR) is 141 cm³/mol. The Kier molecular flexibility index (Phi) is 6.93. The SMILES string of the molecule is CCOc1ncccc1-c1ccc2c(c1)N(CCN)CC21CCN(c2ccc(C(F)(F)F)cc2C#N)CC1. The number of rotatable bonds is 6. The molecule has 2 aliphatic heterocycles. The van der Waals surface area contributed by atoms with Crippen LogP contribution in [0, 0.1) is 11.3 Å². The van der Waals surface area contributed by atoms with E-state index >= 15 is 0 Å². The molecule has 38 heavy (non-hydrogen) atoms. The van der Waals surface area contributed by atoms with Crippen LogP contribution in [-0.4, -0.2) is 44.3 Å². The van der Waals surface area contributed by atoms with Gasteiger partial charge in [-0.25, -0.2) is 4.98 Å². The molecule has 198 valence electrons. The molecule has 1 fully saturated rings. The van der Waals surface area contributed by atoms with Crippen molar-refractivity contribution in [2.45, 2.75) is 31.4 Å². The number of benzene rings is 2. The first-order chi connectivity index (χ1) is 18.3. The Morgan fingerprint density at radius 2 is 1.89 bits per heavy atom. The van der Waals surface area contributed by atoms with Crippen LogP contribution < -0.4 is 20.3 Å². The summed E-state index contributed by atoms with van der Waals surface area (Å²) in [6.07, 6.45) is -1.11. The largest absolute Gasteiger partial charge is 0.478 e. The third kappa shape index (κ3) is 4.65. The molecule has 1 spiro atoms. The van der Waals surface area contributed by atoms with Gasteiger partial charge in [-0.2, -0.15) is 18.4 Å². The van der Waals surface area contributed by atoms with Gasteiger partial charge in [-0.1, -0.05) is 12.1 Å². The molecule has 2 aromatic carbocycles. The van der Waals surface area contributed by atoms with Crippen LogP contribution in [0.25, 0.3) is 11.1 Å². The molecule has 0 aliphatic carbocycles. The van der Waals surface area contributed by atoms with E-state index in [4.69, 9.17) is 10.5 Å². The number of fused-ring (bicyclic) bond motifs is 2. The maximum absolute atomic E-state index is 13.2. The molecule has 2 N–H and O–H groups in total. The van der Waals surface area contributed by atoms with Crippen molar-refractivity contribution >= 4 is 11.4 Å². The number of ether oxygens (including phenoxy) is 1. The van der Waals surface area contributed by atoms with Crippen LogP contribution in [0.1, 0.15) is 36.5 Å². The second kappa shape index (κ2) is 10.2. The number of pyridine rings is 1. The number of hydrogen-bond donors (Lipinski definition) is 1. The first-order valence-corrected chi connectivity index (χ1v) is 12.8. The fraction of sp³-hybridized carbons (Fsp3) is 0.379. The molecule has 6 nitrogen and oxygen atoms in total. The van der Waals surface area contributed by atoms with Gasteiger partial charge in [-0.15, -0.1) is 0 Å². The molecule has 3 heterocycles. The summed E-state index contributed by atoms with van der Waals surface area (Å²) in [7, 11) is 0. The molecule has 0 unspecified atom stereocenters. The fourth-order valence-corrected chi connectivity index (χ4v) is 5.84. The summed E-state index contributed by atoms with van der Waals surface area (Å²) in [5.41, 5.74) is 10.1. The van der Waals surface area contributed by atoms with Gasteiger partial charge in [0.2, 0.25) is 5.88 Å². The average molecular weight is 522 g/mol. The monoisotopic (exact) mass is 521 g/mol. The number of piperidine rings is 1. The van der Waals surface area contributed by atoms with Crippen molar-refractivity contribution in [1.82, 2.24) is 4.98 Å². The lowest BCUT2D eigenvalue weighted by Crippen LogP contribution is -2.46. The van der Waals surface area contributed by atoms with E-state index in [1.54, 1.807) is 6.20 Å². The topological polar surface area (TPSA) is 78.4 Å². The highest BCUT2D eigenvalue weighted by Gasteiger charge is 2.45. The van der Waals surface area contributed by atoms with Gasteiger partial charge in [0.05, 0.1) is 23.4 Å². The Hall–Kier alpha value is -3.77. The lowest BCUT2D eigenvalue weighted by Gasteiger charge is -2.41. The van der Waals surface area contributed by atoms with Crippen molar-refractivity contribution < 1.29 is 17.9 Å². The maximum atomic E-state index is 13.2. The summed E-state index contributed by atoms with van der Waals surface area (Å²) in [6.45, 7) is 5.85. The van der Waals surface area contributed by atoms with E-state index in [0.29, 0.717) is 37.8 Å². The molecule has 0 amide bonds. The zero-order chi connectivity index (χ0) is 26.9. The molecule has 0 atom stereocenters. The van der Waals surface area contributed by atoms with Crippen molar-refractivity contribution in [2.75, 3.05) is 49.1 Å². The third-order valence-corrected chi connectivity index (χ3v) is 7.67. The van der Waals surface area contributed by atoms with Gasteiger partial charge >= 0.3 is 6.18 Å². The fourth-order valence-electron chi connectivity index (χ4n) is 5.84. The molecule has 2 aliphatic rings. The Bertz CT molecular complexity index is 1360. The van der Waals surface area contributed by atoms with Crippen molar-refractivity contribution in [2.24, 2.45) is 5.73 Å². The van der Waals surface area contributed by atoms with E-state index in [9.17, 15) is 18.4 Å². The molecule has 1 aromatic heterocycles. The van der Waals surface area contributed by atoms with Gasteiger partial charge in [-0.3, -0.25) is 0 Å². The highest BCUT2D eigenvalue weighted by Crippen LogP contribution is 2.49. The van der Waals surface area contributed by atoms with Crippen LogP contribution in [0.3, 0.4) is 0 Å². The first-order valence-electron chi connectivity index (χ1n) is 12.8. The number of nitriles is 1. The Labute approximate surface area is 220 Å². The van der Waals surface area contributed by atoms with E-state index < -0.39 is 11.7 Å². The summed E-state index contributed by atoms with van der Waals surface area (Å²) >= 11 is 0. The smallest absolute Gasteiger partial charge is 0.416 e. The summed E-state index contributed by atoms with van der Waals surface area (Å²) in [5, 5.41) is 9.57. The van der Waals surface area contributed by atoms with Crippen LogP contribution in [0.4, 0.5) is 24.5 Å². The Morgan fingerprint density at radius 3 is 2.58 bits per heavy atom. The zero-order valence-electron chi connectivity index (χ0n) is 21.3. The second-order valence-corrected chi connectivity index (χ2v) is 9.84. The van der Waals surface area contributed by atoms with E-state index in [0.717, 1.165) is 54.9 Å². The normalized spacial score (nSPS) is 16.4. The second-order valence-electron chi connectivity index (χ2n) is 9.84. The molecule has 5 rings (SSSR count). The number of nitrogens with two attached hydrogens (primary N) is 1. The minimum Gasteiger partial charge on any atom is -0.478 e. The molecule has 9 heteroatoms. The molecular formula is C29H30F3N5O. The summed E-state index contributed by atoms with van der Waals surface area (Å²) in [6, 6.07) is 15.8. The van der Waals surface area contributed by atoms with E-state index in [2.05, 4.69) is 28.1 Å². The predicted octanol–water partition coefficient (Wildman–Crippen LogP) is 5.35. The number of hydrogen-bond acceptors (Lipinski definition) is 6. The molecule has 3 aromatic rings. The highest BCUT2D eigenvalue weighted by molar-refractivity contribution is 5.76. The summed E-state index contributed by atoms with van der Waals surface area (Å²) in [5.74, 6) is 0.603. The molecule has 1 saturated heterocycles. The third-order valence-electron chi connectivity index (χ3n) is 7.67. The lowest BCUT2D eigenvalue weighted by atomic mass is 9.74. The van der Waals surface area contributed by atoms with Gasteiger partial charge in [0, 0.05) is 55.6 Å². The molecule has 0 saturated carbocycles. The minimum absolute atomic E-state index is 0.0542. The number of alkyl halides is 3. The molecule has 0 bridgehead atoms. The lowest BCUT2D eigenvalue weighted by molar-refractivity contribution is -0.137. The summed E-state index contributed by atoms with van der Waals surface area (Å²) in [4.78, 5) is 8.77. The number of halogens is 3. The van der Waals surface area contributed by atoms with Crippen molar-refractivity contribution in [3.05, 3.63) is 71.4 Å². The van der Waals surface area contributed by atoms with Gasteiger partial charge in [-0.05, 0) is 67.3 Å². The zero-order valence-corrected chi connectivity index (χ0v) is 21.3. The Balaban J connectivity index is 1.43.